The summed E-state index contributed by atoms with van der Waals surface area (Å²) in [5.74, 6) is 1.21. The largest absolute Gasteiger partial charge is 0.313 e. The molecule has 1 nitrogen and oxygen atoms in total. The monoisotopic (exact) mass is 315 g/mol. The first kappa shape index (κ1) is 15.1. The average Bonchev–Trinajstić information content (AvgIpc) is 2.32. The van der Waals surface area contributed by atoms with E-state index >= 15 is 0 Å². The molecule has 17 heavy (non-hydrogen) atoms. The fourth-order valence-corrected chi connectivity index (χ4v) is 3.29. The Kier molecular flexibility index (Phi) is 7.99. The number of halogens is 1. The summed E-state index contributed by atoms with van der Waals surface area (Å²) in [6.45, 7) is 6.48. The zero-order valence-electron chi connectivity index (χ0n) is 10.8. The molecule has 1 rings (SSSR count). The van der Waals surface area contributed by atoms with Gasteiger partial charge in [0.1, 0.15) is 0 Å². The summed E-state index contributed by atoms with van der Waals surface area (Å²) in [6.07, 6.45) is 3.74. The molecular formula is C14H22BrNS. The van der Waals surface area contributed by atoms with Gasteiger partial charge in [-0.2, -0.15) is 0 Å². The van der Waals surface area contributed by atoms with Crippen molar-refractivity contribution in [3.63, 3.8) is 0 Å². The highest BCUT2D eigenvalue weighted by molar-refractivity contribution is 9.10. The molecule has 0 bridgehead atoms. The summed E-state index contributed by atoms with van der Waals surface area (Å²) < 4.78 is 1.23. The van der Waals surface area contributed by atoms with Crippen molar-refractivity contribution >= 4 is 27.7 Å². The van der Waals surface area contributed by atoms with Gasteiger partial charge in [-0.15, -0.1) is 11.8 Å². The van der Waals surface area contributed by atoms with Crippen LogP contribution >= 0.6 is 27.7 Å². The molecule has 0 amide bonds. The Morgan fingerprint density at radius 2 is 2.06 bits per heavy atom. The van der Waals surface area contributed by atoms with Crippen molar-refractivity contribution in [3.05, 3.63) is 28.2 Å². The fraction of sp³-hybridized carbons (Fsp3) is 0.571. The van der Waals surface area contributed by atoms with Crippen LogP contribution in [0.25, 0.3) is 0 Å². The molecule has 0 radical (unpaired) electrons. The van der Waals surface area contributed by atoms with Crippen LogP contribution < -0.4 is 5.32 Å². The van der Waals surface area contributed by atoms with Crippen LogP contribution in [0, 0.1) is 0 Å². The van der Waals surface area contributed by atoms with Gasteiger partial charge in [0, 0.05) is 15.9 Å². The molecule has 0 spiro atoms. The number of hydrogen-bond donors (Lipinski definition) is 1. The highest BCUT2D eigenvalue weighted by atomic mass is 79.9. The predicted octanol–water partition coefficient (Wildman–Crippen LogP) is 4.84. The molecule has 0 aromatic heterocycles. The minimum atomic E-state index is 0.965. The first-order chi connectivity index (χ1) is 8.27. The summed E-state index contributed by atoms with van der Waals surface area (Å²) in [7, 11) is 0. The lowest BCUT2D eigenvalue weighted by Gasteiger charge is -2.08. The van der Waals surface area contributed by atoms with Crippen LogP contribution in [0.4, 0.5) is 0 Å². The van der Waals surface area contributed by atoms with Crippen molar-refractivity contribution in [2.24, 2.45) is 0 Å². The van der Waals surface area contributed by atoms with Gasteiger partial charge in [-0.05, 0) is 58.8 Å². The molecule has 3 heteroatoms. The maximum absolute atomic E-state index is 3.66. The van der Waals surface area contributed by atoms with E-state index in [0.717, 1.165) is 13.1 Å². The molecule has 0 saturated carbocycles. The Morgan fingerprint density at radius 1 is 1.24 bits per heavy atom. The van der Waals surface area contributed by atoms with Crippen LogP contribution in [0.15, 0.2) is 27.6 Å². The Hall–Kier alpha value is 0.01000. The number of benzene rings is 1. The second kappa shape index (κ2) is 9.01. The van der Waals surface area contributed by atoms with E-state index in [1.807, 2.05) is 11.8 Å². The van der Waals surface area contributed by atoms with E-state index in [1.54, 1.807) is 0 Å². The second-order valence-electron chi connectivity index (χ2n) is 4.14. The molecule has 0 heterocycles. The van der Waals surface area contributed by atoms with Gasteiger partial charge in [0.25, 0.3) is 0 Å². The molecule has 0 aliphatic heterocycles. The molecule has 0 aliphatic rings. The fourth-order valence-electron chi connectivity index (χ4n) is 1.51. The minimum Gasteiger partial charge on any atom is -0.313 e. The molecule has 1 N–H and O–H groups in total. The van der Waals surface area contributed by atoms with E-state index in [9.17, 15) is 0 Å². The maximum atomic E-state index is 3.66. The lowest BCUT2D eigenvalue weighted by atomic mass is 10.2. The second-order valence-corrected chi connectivity index (χ2v) is 6.13. The summed E-state index contributed by atoms with van der Waals surface area (Å²) in [4.78, 5) is 1.36. The SMILES string of the molecule is CCCCSc1ccc(CNCCC)cc1Br. The highest BCUT2D eigenvalue weighted by Gasteiger charge is 2.02. The third-order valence-corrected chi connectivity index (χ3v) is 4.59. The number of hydrogen-bond acceptors (Lipinski definition) is 2. The predicted molar refractivity (Wildman–Crippen MR) is 81.8 cm³/mol. The number of rotatable bonds is 8. The quantitative estimate of drug-likeness (QED) is 0.544. The summed E-state index contributed by atoms with van der Waals surface area (Å²) in [6, 6.07) is 6.69. The van der Waals surface area contributed by atoms with Crippen LogP contribution in [0.5, 0.6) is 0 Å². The Balaban J connectivity index is 2.47. The third kappa shape index (κ3) is 5.94. The maximum Gasteiger partial charge on any atom is 0.0314 e. The van der Waals surface area contributed by atoms with Gasteiger partial charge >= 0.3 is 0 Å². The molecular weight excluding hydrogens is 294 g/mol. The Morgan fingerprint density at radius 3 is 2.71 bits per heavy atom. The minimum absolute atomic E-state index is 0.965. The Bertz CT molecular complexity index is 328. The smallest absolute Gasteiger partial charge is 0.0314 e. The van der Waals surface area contributed by atoms with Crippen molar-refractivity contribution in [3.8, 4) is 0 Å². The van der Waals surface area contributed by atoms with Gasteiger partial charge < -0.3 is 5.32 Å². The molecule has 0 saturated heterocycles. The lowest BCUT2D eigenvalue weighted by Crippen LogP contribution is -2.13. The molecule has 1 aromatic carbocycles. The van der Waals surface area contributed by atoms with Gasteiger partial charge in [0.05, 0.1) is 0 Å². The van der Waals surface area contributed by atoms with E-state index in [0.29, 0.717) is 0 Å². The Labute approximate surface area is 118 Å². The van der Waals surface area contributed by atoms with Crippen molar-refractivity contribution in [1.82, 2.24) is 5.32 Å². The van der Waals surface area contributed by atoms with E-state index in [1.165, 1.54) is 39.9 Å². The average molecular weight is 316 g/mol. The zero-order chi connectivity index (χ0) is 12.5. The van der Waals surface area contributed by atoms with Gasteiger partial charge in [-0.1, -0.05) is 26.3 Å². The zero-order valence-corrected chi connectivity index (χ0v) is 13.2. The van der Waals surface area contributed by atoms with Crippen molar-refractivity contribution in [2.45, 2.75) is 44.6 Å². The standard InChI is InChI=1S/C14H22BrNS/c1-3-5-9-17-14-7-6-12(10-13(14)15)11-16-8-4-2/h6-7,10,16H,3-5,8-9,11H2,1-2H3. The first-order valence-corrected chi connectivity index (χ1v) is 8.17. The summed E-state index contributed by atoms with van der Waals surface area (Å²) in [5.41, 5.74) is 1.35. The normalized spacial score (nSPS) is 10.8. The van der Waals surface area contributed by atoms with Crippen LogP contribution in [0.3, 0.4) is 0 Å². The molecule has 0 unspecified atom stereocenters. The van der Waals surface area contributed by atoms with Gasteiger partial charge in [-0.3, -0.25) is 0 Å². The van der Waals surface area contributed by atoms with Crippen LogP contribution in [-0.2, 0) is 6.54 Å². The van der Waals surface area contributed by atoms with E-state index in [2.05, 4.69) is 53.3 Å². The van der Waals surface area contributed by atoms with Crippen LogP contribution in [0.1, 0.15) is 38.7 Å². The molecule has 0 aliphatic carbocycles. The van der Waals surface area contributed by atoms with Crippen molar-refractivity contribution < 1.29 is 0 Å². The van der Waals surface area contributed by atoms with E-state index in [4.69, 9.17) is 0 Å². The molecule has 0 atom stereocenters. The molecule has 1 aromatic rings. The van der Waals surface area contributed by atoms with E-state index < -0.39 is 0 Å². The van der Waals surface area contributed by atoms with Gasteiger partial charge in [0.15, 0.2) is 0 Å². The van der Waals surface area contributed by atoms with Crippen molar-refractivity contribution in [2.75, 3.05) is 12.3 Å². The van der Waals surface area contributed by atoms with Gasteiger partial charge in [-0.25, -0.2) is 0 Å². The number of unbranched alkanes of at least 4 members (excludes halogenated alkanes) is 1. The summed E-state index contributed by atoms with van der Waals surface area (Å²) >= 11 is 5.60. The third-order valence-electron chi connectivity index (χ3n) is 2.51. The van der Waals surface area contributed by atoms with Crippen molar-refractivity contribution in [1.29, 1.82) is 0 Å². The molecule has 0 fully saturated rings. The van der Waals surface area contributed by atoms with Crippen LogP contribution in [0.2, 0.25) is 0 Å². The topological polar surface area (TPSA) is 12.0 Å². The van der Waals surface area contributed by atoms with Crippen LogP contribution in [-0.4, -0.2) is 12.3 Å². The highest BCUT2D eigenvalue weighted by Crippen LogP contribution is 2.29. The summed E-state index contributed by atoms with van der Waals surface area (Å²) in [5, 5.41) is 3.42. The number of nitrogens with one attached hydrogen (secondary N) is 1. The lowest BCUT2D eigenvalue weighted by molar-refractivity contribution is 0.675. The first-order valence-electron chi connectivity index (χ1n) is 6.39. The van der Waals surface area contributed by atoms with Gasteiger partial charge in [0.2, 0.25) is 0 Å². The van der Waals surface area contributed by atoms with E-state index in [-0.39, 0.29) is 0 Å². The number of thioether (sulfide) groups is 1. The molecule has 96 valence electrons.